The van der Waals surface area contributed by atoms with Crippen LogP contribution in [0.5, 0.6) is 0 Å². The van der Waals surface area contributed by atoms with Crippen LogP contribution in [0.15, 0.2) is 29.3 Å². The SMILES string of the molecule is CC(C)C[C@H](NC(=O)c1ccc(C2CSC(N(C)C3CC3)=N2)cc1)C(=O)N1C[C@H](F)[C@H]2OCC(=O)[C@H]21. The monoisotopic (exact) mass is 516 g/mol. The molecule has 0 spiro atoms. The molecule has 2 saturated heterocycles. The summed E-state index contributed by atoms with van der Waals surface area (Å²) >= 11 is 1.76. The Bertz CT molecular complexity index is 1060. The van der Waals surface area contributed by atoms with Gasteiger partial charge in [-0.3, -0.25) is 19.4 Å². The van der Waals surface area contributed by atoms with Gasteiger partial charge < -0.3 is 19.9 Å². The van der Waals surface area contributed by atoms with Gasteiger partial charge in [0.2, 0.25) is 5.91 Å². The quantitative estimate of drug-likeness (QED) is 0.599. The summed E-state index contributed by atoms with van der Waals surface area (Å²) in [6.07, 6.45) is 0.512. The molecule has 8 nitrogen and oxygen atoms in total. The number of likely N-dealkylation sites (tertiary alicyclic amines) is 1. The van der Waals surface area contributed by atoms with Crippen LogP contribution in [0.2, 0.25) is 0 Å². The lowest BCUT2D eigenvalue weighted by Crippen LogP contribution is -2.52. The first-order chi connectivity index (χ1) is 17.2. The van der Waals surface area contributed by atoms with E-state index in [4.69, 9.17) is 9.73 Å². The minimum Gasteiger partial charge on any atom is -0.365 e. The zero-order valence-electron chi connectivity index (χ0n) is 20.9. The van der Waals surface area contributed by atoms with E-state index >= 15 is 0 Å². The highest BCUT2D eigenvalue weighted by molar-refractivity contribution is 8.14. The van der Waals surface area contributed by atoms with Crippen molar-refractivity contribution >= 4 is 34.5 Å². The number of benzene rings is 1. The van der Waals surface area contributed by atoms with E-state index in [0.29, 0.717) is 18.0 Å². The molecule has 10 heteroatoms. The third-order valence-corrected chi connectivity index (χ3v) is 8.44. The topological polar surface area (TPSA) is 91.3 Å². The number of nitrogens with zero attached hydrogens (tertiary/aromatic N) is 3. The number of halogens is 1. The largest absolute Gasteiger partial charge is 0.365 e. The van der Waals surface area contributed by atoms with Crippen LogP contribution in [0.3, 0.4) is 0 Å². The molecule has 5 rings (SSSR count). The summed E-state index contributed by atoms with van der Waals surface area (Å²) in [4.78, 5) is 47.1. The van der Waals surface area contributed by atoms with Gasteiger partial charge >= 0.3 is 0 Å². The van der Waals surface area contributed by atoms with Crippen molar-refractivity contribution in [3.05, 3.63) is 35.4 Å². The van der Waals surface area contributed by atoms with Crippen LogP contribution in [0, 0.1) is 5.92 Å². The Morgan fingerprint density at radius 1 is 1.28 bits per heavy atom. The highest BCUT2D eigenvalue weighted by atomic mass is 32.2. The van der Waals surface area contributed by atoms with E-state index in [0.717, 1.165) is 16.5 Å². The molecule has 0 bridgehead atoms. The Kier molecular flexibility index (Phi) is 7.09. The minimum absolute atomic E-state index is 0.0569. The molecule has 194 valence electrons. The number of ether oxygens (including phenoxy) is 1. The Morgan fingerprint density at radius 2 is 2.00 bits per heavy atom. The molecule has 4 aliphatic rings. The van der Waals surface area contributed by atoms with Crippen molar-refractivity contribution in [3.63, 3.8) is 0 Å². The van der Waals surface area contributed by atoms with Crippen LogP contribution in [-0.2, 0) is 14.3 Å². The third-order valence-electron chi connectivity index (χ3n) is 7.31. The summed E-state index contributed by atoms with van der Waals surface area (Å²) in [6, 6.07) is 6.24. The molecule has 3 fully saturated rings. The number of ketones is 1. The van der Waals surface area contributed by atoms with Gasteiger partial charge in [-0.15, -0.1) is 0 Å². The van der Waals surface area contributed by atoms with Gasteiger partial charge in [0.15, 0.2) is 11.0 Å². The maximum Gasteiger partial charge on any atom is 0.251 e. The number of hydrogen-bond donors (Lipinski definition) is 1. The Balaban J connectivity index is 1.25. The maximum atomic E-state index is 14.4. The normalized spacial score (nSPS) is 28.3. The van der Waals surface area contributed by atoms with Gasteiger partial charge in [0, 0.05) is 24.4 Å². The number of amides is 2. The van der Waals surface area contributed by atoms with Gasteiger partial charge in [-0.2, -0.15) is 0 Å². The lowest BCUT2D eigenvalue weighted by molar-refractivity contribution is -0.138. The van der Waals surface area contributed by atoms with Crippen molar-refractivity contribution in [2.75, 3.05) is 26.0 Å². The van der Waals surface area contributed by atoms with Crippen LogP contribution in [0.25, 0.3) is 0 Å². The summed E-state index contributed by atoms with van der Waals surface area (Å²) in [7, 11) is 2.10. The summed E-state index contributed by atoms with van der Waals surface area (Å²) in [6.45, 7) is 3.52. The van der Waals surface area contributed by atoms with Crippen LogP contribution in [0.1, 0.15) is 55.1 Å². The smallest absolute Gasteiger partial charge is 0.251 e. The highest BCUT2D eigenvalue weighted by Crippen LogP contribution is 2.36. The Hall–Kier alpha value is -2.46. The highest BCUT2D eigenvalue weighted by Gasteiger charge is 2.53. The van der Waals surface area contributed by atoms with Crippen molar-refractivity contribution in [2.24, 2.45) is 10.9 Å². The van der Waals surface area contributed by atoms with E-state index in [-0.39, 0.29) is 36.8 Å². The van der Waals surface area contributed by atoms with Crippen LogP contribution < -0.4 is 5.32 Å². The van der Waals surface area contributed by atoms with E-state index in [9.17, 15) is 18.8 Å². The molecule has 3 heterocycles. The number of Topliss-reactive ketones (excluding diaryl/α,β-unsaturated/α-hetero) is 1. The zero-order chi connectivity index (χ0) is 25.6. The summed E-state index contributed by atoms with van der Waals surface area (Å²) in [5, 5.41) is 3.91. The van der Waals surface area contributed by atoms with Crippen molar-refractivity contribution in [1.29, 1.82) is 0 Å². The second kappa shape index (κ2) is 10.1. The van der Waals surface area contributed by atoms with Crippen LogP contribution in [0.4, 0.5) is 4.39 Å². The van der Waals surface area contributed by atoms with Crippen molar-refractivity contribution in [2.45, 2.75) is 69.6 Å². The lowest BCUT2D eigenvalue weighted by atomic mass is 10.0. The average molecular weight is 517 g/mol. The second-order valence-electron chi connectivity index (χ2n) is 10.6. The van der Waals surface area contributed by atoms with Gasteiger partial charge in [-0.25, -0.2) is 4.39 Å². The van der Waals surface area contributed by atoms with Crippen LogP contribution in [-0.4, -0.2) is 88.9 Å². The standard InChI is InChI=1S/C26H33FN4O4S/c1-14(2)10-19(25(34)31-11-18(27)23-22(31)21(32)12-35-23)28-24(33)16-6-4-15(5-7-16)20-13-36-26(29-20)30(3)17-8-9-17/h4-7,14,17-20,22-23H,8-13H2,1-3H3,(H,28,33)/t18-,19-,20?,22+,23+/m0/s1. The first kappa shape index (κ1) is 25.2. The van der Waals surface area contributed by atoms with E-state index in [1.165, 1.54) is 17.7 Å². The molecule has 36 heavy (non-hydrogen) atoms. The molecule has 0 radical (unpaired) electrons. The number of alkyl halides is 1. The van der Waals surface area contributed by atoms with E-state index in [1.54, 1.807) is 23.9 Å². The third kappa shape index (κ3) is 5.02. The molecule has 1 aliphatic carbocycles. The van der Waals surface area contributed by atoms with Crippen LogP contribution >= 0.6 is 11.8 Å². The number of hydrogen-bond acceptors (Lipinski definition) is 7. The average Bonchev–Trinajstić information content (AvgIpc) is 3.31. The molecule has 1 aromatic rings. The molecule has 1 N–H and O–H groups in total. The Morgan fingerprint density at radius 3 is 2.67 bits per heavy atom. The first-order valence-electron chi connectivity index (χ1n) is 12.7. The number of fused-ring (bicyclic) bond motifs is 1. The van der Waals surface area contributed by atoms with Gasteiger partial charge in [-0.05, 0) is 42.9 Å². The predicted octanol–water partition coefficient (Wildman–Crippen LogP) is 2.59. The molecule has 1 aromatic carbocycles. The molecule has 3 aliphatic heterocycles. The summed E-state index contributed by atoms with van der Waals surface area (Å²) < 4.78 is 19.7. The molecule has 1 unspecified atom stereocenters. The fourth-order valence-corrected chi connectivity index (χ4v) is 6.29. The fraction of sp³-hybridized carbons (Fsp3) is 0.615. The van der Waals surface area contributed by atoms with Crippen molar-refractivity contribution < 1.29 is 23.5 Å². The minimum atomic E-state index is -1.41. The zero-order valence-corrected chi connectivity index (χ0v) is 21.7. The van der Waals surface area contributed by atoms with Gasteiger partial charge in [0.1, 0.15) is 31.0 Å². The molecular formula is C26H33FN4O4S. The molecule has 2 amide bonds. The van der Waals surface area contributed by atoms with Crippen molar-refractivity contribution in [1.82, 2.24) is 15.1 Å². The number of thioether (sulfide) groups is 1. The van der Waals surface area contributed by atoms with E-state index < -0.39 is 30.3 Å². The van der Waals surface area contributed by atoms with E-state index in [2.05, 4.69) is 17.3 Å². The predicted molar refractivity (Wildman–Crippen MR) is 136 cm³/mol. The Labute approximate surface area is 215 Å². The fourth-order valence-electron chi connectivity index (χ4n) is 5.16. The summed E-state index contributed by atoms with van der Waals surface area (Å²) in [5.41, 5.74) is 1.48. The van der Waals surface area contributed by atoms with Gasteiger partial charge in [0.05, 0.1) is 12.6 Å². The number of amidine groups is 1. The maximum absolute atomic E-state index is 14.4. The van der Waals surface area contributed by atoms with Crippen molar-refractivity contribution in [3.8, 4) is 0 Å². The molecular weight excluding hydrogens is 483 g/mol. The lowest BCUT2D eigenvalue weighted by Gasteiger charge is -2.28. The molecule has 5 atom stereocenters. The van der Waals surface area contributed by atoms with E-state index in [1.807, 2.05) is 26.0 Å². The van der Waals surface area contributed by atoms with Gasteiger partial charge in [0.25, 0.3) is 5.91 Å². The summed E-state index contributed by atoms with van der Waals surface area (Å²) in [5.74, 6) is -0.123. The number of nitrogens with one attached hydrogen (secondary N) is 1. The number of carbonyl (C=O) groups is 3. The number of aliphatic imine (C=N–C) groups is 1. The molecule has 0 aromatic heterocycles. The van der Waals surface area contributed by atoms with Gasteiger partial charge in [-0.1, -0.05) is 37.7 Å². The first-order valence-corrected chi connectivity index (χ1v) is 13.6. The second-order valence-corrected chi connectivity index (χ2v) is 11.5. The number of carbonyl (C=O) groups excluding carboxylic acids is 3. The molecule has 1 saturated carbocycles. The number of rotatable bonds is 7.